The maximum Gasteiger partial charge on any atom is 0.144 e. The summed E-state index contributed by atoms with van der Waals surface area (Å²) < 4.78 is 0. The van der Waals surface area contributed by atoms with Crippen LogP contribution in [0.3, 0.4) is 0 Å². The summed E-state index contributed by atoms with van der Waals surface area (Å²) in [4.78, 5) is 6.34. The van der Waals surface area contributed by atoms with Crippen LogP contribution in [0.4, 0.5) is 11.5 Å². The number of aromatic nitrogens is 1. The van der Waals surface area contributed by atoms with E-state index in [2.05, 4.69) is 43.1 Å². The van der Waals surface area contributed by atoms with E-state index in [0.29, 0.717) is 16.5 Å². The third-order valence-electron chi connectivity index (χ3n) is 2.34. The van der Waals surface area contributed by atoms with E-state index in [4.69, 9.17) is 17.3 Å². The van der Waals surface area contributed by atoms with Crippen LogP contribution in [-0.4, -0.2) is 37.1 Å². The Morgan fingerprint density at radius 3 is 2.65 bits per heavy atom. The molecule has 1 aromatic rings. The van der Waals surface area contributed by atoms with Gasteiger partial charge in [-0.3, -0.25) is 0 Å². The highest BCUT2D eigenvalue weighted by atomic mass is 35.5. The lowest BCUT2D eigenvalue weighted by atomic mass is 9.93. The molecular formula is C12H21ClN4. The predicted octanol–water partition coefficient (Wildman–Crippen LogP) is 2.32. The second-order valence-electron chi connectivity index (χ2n) is 5.35. The number of hydrogen-bond donors (Lipinski definition) is 2. The van der Waals surface area contributed by atoms with E-state index in [9.17, 15) is 0 Å². The lowest BCUT2D eigenvalue weighted by Crippen LogP contribution is -2.34. The minimum absolute atomic E-state index is 0.149. The maximum absolute atomic E-state index is 6.05. The molecule has 0 saturated heterocycles. The van der Waals surface area contributed by atoms with Crippen LogP contribution in [0.1, 0.15) is 13.8 Å². The number of nitrogens with two attached hydrogens (primary N) is 1. The molecule has 0 atom stereocenters. The highest BCUT2D eigenvalue weighted by Crippen LogP contribution is 2.23. The third kappa shape index (κ3) is 4.79. The van der Waals surface area contributed by atoms with Crippen LogP contribution in [0.5, 0.6) is 0 Å². The molecule has 0 bridgehead atoms. The summed E-state index contributed by atoms with van der Waals surface area (Å²) in [5, 5.41) is 3.82. The fourth-order valence-corrected chi connectivity index (χ4v) is 2.06. The predicted molar refractivity (Wildman–Crippen MR) is 74.5 cm³/mol. The number of anilines is 2. The Kier molecular flexibility index (Phi) is 4.60. The fourth-order valence-electron chi connectivity index (χ4n) is 1.82. The molecule has 0 aliphatic carbocycles. The number of pyridine rings is 1. The standard InChI is InChI=1S/C12H21ClN4/c1-12(2,8-17(3)4)7-16-11-10(13)5-9(14)6-15-11/h5-6H,7-8,14H2,1-4H3,(H,15,16). The van der Waals surface area contributed by atoms with Gasteiger partial charge in [0.25, 0.3) is 0 Å². The second-order valence-corrected chi connectivity index (χ2v) is 5.76. The zero-order valence-corrected chi connectivity index (χ0v) is 11.7. The Hall–Kier alpha value is -1.00. The SMILES string of the molecule is CN(C)CC(C)(C)CNc1ncc(N)cc1Cl. The van der Waals surface area contributed by atoms with Crippen molar-refractivity contribution in [2.75, 3.05) is 38.2 Å². The lowest BCUT2D eigenvalue weighted by Gasteiger charge is -2.28. The smallest absolute Gasteiger partial charge is 0.144 e. The average molecular weight is 257 g/mol. The molecule has 0 unspecified atom stereocenters. The van der Waals surface area contributed by atoms with E-state index in [1.165, 1.54) is 0 Å². The molecule has 1 aromatic heterocycles. The van der Waals surface area contributed by atoms with Gasteiger partial charge >= 0.3 is 0 Å². The number of rotatable bonds is 5. The second kappa shape index (κ2) is 5.56. The van der Waals surface area contributed by atoms with Crippen molar-refractivity contribution >= 4 is 23.1 Å². The molecule has 3 N–H and O–H groups in total. The molecule has 0 spiro atoms. The normalized spacial score (nSPS) is 11.9. The van der Waals surface area contributed by atoms with Gasteiger partial charge in [0.05, 0.1) is 16.9 Å². The van der Waals surface area contributed by atoms with Gasteiger partial charge in [-0.15, -0.1) is 0 Å². The van der Waals surface area contributed by atoms with Crippen LogP contribution < -0.4 is 11.1 Å². The van der Waals surface area contributed by atoms with Gasteiger partial charge in [-0.1, -0.05) is 25.4 Å². The zero-order valence-electron chi connectivity index (χ0n) is 10.9. The monoisotopic (exact) mass is 256 g/mol. The van der Waals surface area contributed by atoms with Crippen molar-refractivity contribution in [3.63, 3.8) is 0 Å². The van der Waals surface area contributed by atoms with E-state index < -0.39 is 0 Å². The molecule has 0 aliphatic rings. The van der Waals surface area contributed by atoms with Crippen LogP contribution in [0.15, 0.2) is 12.3 Å². The first-order chi connectivity index (χ1) is 7.80. The van der Waals surface area contributed by atoms with Gasteiger partial charge in [-0.25, -0.2) is 4.98 Å². The van der Waals surface area contributed by atoms with E-state index >= 15 is 0 Å². The highest BCUT2D eigenvalue weighted by Gasteiger charge is 2.19. The summed E-state index contributed by atoms with van der Waals surface area (Å²) in [6, 6.07) is 1.70. The van der Waals surface area contributed by atoms with E-state index in [-0.39, 0.29) is 5.41 Å². The fraction of sp³-hybridized carbons (Fsp3) is 0.583. The first kappa shape index (κ1) is 14.1. The Bertz CT molecular complexity index is 377. The number of nitrogen functional groups attached to an aromatic ring is 1. The van der Waals surface area contributed by atoms with E-state index in [0.717, 1.165) is 13.1 Å². The zero-order chi connectivity index (χ0) is 13.1. The van der Waals surface area contributed by atoms with E-state index in [1.807, 2.05) is 0 Å². The van der Waals surface area contributed by atoms with Gasteiger partial charge in [-0.2, -0.15) is 0 Å². The molecule has 4 nitrogen and oxygen atoms in total. The van der Waals surface area contributed by atoms with Crippen molar-refractivity contribution in [1.29, 1.82) is 0 Å². The topological polar surface area (TPSA) is 54.2 Å². The largest absolute Gasteiger partial charge is 0.397 e. The molecule has 0 fully saturated rings. The van der Waals surface area contributed by atoms with Gasteiger partial charge in [0.1, 0.15) is 5.82 Å². The molecule has 5 heteroatoms. The Labute approximate surface area is 108 Å². The molecular weight excluding hydrogens is 236 g/mol. The Morgan fingerprint density at radius 2 is 2.12 bits per heavy atom. The number of halogens is 1. The summed E-state index contributed by atoms with van der Waals surface area (Å²) in [6.07, 6.45) is 1.60. The summed E-state index contributed by atoms with van der Waals surface area (Å²) in [7, 11) is 4.13. The lowest BCUT2D eigenvalue weighted by molar-refractivity contribution is 0.254. The van der Waals surface area contributed by atoms with Crippen molar-refractivity contribution in [3.05, 3.63) is 17.3 Å². The molecule has 0 aromatic carbocycles. The van der Waals surface area contributed by atoms with Crippen LogP contribution in [0.2, 0.25) is 5.02 Å². The number of nitrogens with one attached hydrogen (secondary N) is 1. The van der Waals surface area contributed by atoms with Crippen molar-refractivity contribution < 1.29 is 0 Å². The van der Waals surface area contributed by atoms with Crippen LogP contribution in [-0.2, 0) is 0 Å². The maximum atomic E-state index is 6.05. The quantitative estimate of drug-likeness (QED) is 0.849. The molecule has 0 amide bonds. The first-order valence-corrected chi connectivity index (χ1v) is 5.97. The summed E-state index contributed by atoms with van der Waals surface area (Å²) >= 11 is 6.05. The molecule has 1 rings (SSSR count). The molecule has 17 heavy (non-hydrogen) atoms. The Balaban J connectivity index is 2.61. The van der Waals surface area contributed by atoms with Crippen molar-refractivity contribution in [3.8, 4) is 0 Å². The molecule has 96 valence electrons. The van der Waals surface area contributed by atoms with Crippen LogP contribution in [0.25, 0.3) is 0 Å². The van der Waals surface area contributed by atoms with Gasteiger partial charge in [0.2, 0.25) is 0 Å². The van der Waals surface area contributed by atoms with Crippen molar-refractivity contribution in [2.45, 2.75) is 13.8 Å². The summed E-state index contributed by atoms with van der Waals surface area (Å²) in [6.45, 7) is 6.20. The number of nitrogens with zero attached hydrogens (tertiary/aromatic N) is 2. The minimum Gasteiger partial charge on any atom is -0.397 e. The first-order valence-electron chi connectivity index (χ1n) is 5.60. The third-order valence-corrected chi connectivity index (χ3v) is 2.63. The Morgan fingerprint density at radius 1 is 1.47 bits per heavy atom. The molecule has 0 radical (unpaired) electrons. The van der Waals surface area contributed by atoms with E-state index in [1.54, 1.807) is 12.3 Å². The van der Waals surface area contributed by atoms with Crippen molar-refractivity contribution in [1.82, 2.24) is 9.88 Å². The van der Waals surface area contributed by atoms with Gasteiger partial charge in [-0.05, 0) is 25.6 Å². The number of hydrogen-bond acceptors (Lipinski definition) is 4. The van der Waals surface area contributed by atoms with Crippen LogP contribution >= 0.6 is 11.6 Å². The van der Waals surface area contributed by atoms with Gasteiger partial charge in [0, 0.05) is 13.1 Å². The van der Waals surface area contributed by atoms with Crippen molar-refractivity contribution in [2.24, 2.45) is 5.41 Å². The minimum atomic E-state index is 0.149. The highest BCUT2D eigenvalue weighted by molar-refractivity contribution is 6.33. The molecule has 1 heterocycles. The molecule has 0 saturated carbocycles. The van der Waals surface area contributed by atoms with Crippen LogP contribution in [0, 0.1) is 5.41 Å². The summed E-state index contributed by atoms with van der Waals surface area (Å²) in [5.74, 6) is 0.688. The van der Waals surface area contributed by atoms with Gasteiger partial charge < -0.3 is 16.0 Å². The molecule has 0 aliphatic heterocycles. The van der Waals surface area contributed by atoms with Gasteiger partial charge in [0.15, 0.2) is 0 Å². The summed E-state index contributed by atoms with van der Waals surface area (Å²) in [5.41, 5.74) is 6.32. The average Bonchev–Trinajstić information content (AvgIpc) is 2.14.